The highest BCUT2D eigenvalue weighted by atomic mass is 16.4. The van der Waals surface area contributed by atoms with Crippen LogP contribution >= 0.6 is 0 Å². The molecule has 2 saturated heterocycles. The Morgan fingerprint density at radius 3 is 1.75 bits per heavy atom. The molecule has 176 valence electrons. The largest absolute Gasteiger partial charge is 0.478 e. The summed E-state index contributed by atoms with van der Waals surface area (Å²) < 4.78 is 0. The van der Waals surface area contributed by atoms with E-state index in [1.165, 1.54) is 96.0 Å². The third-order valence-electron chi connectivity index (χ3n) is 7.38. The van der Waals surface area contributed by atoms with Crippen molar-refractivity contribution in [1.29, 1.82) is 0 Å². The quantitative estimate of drug-likeness (QED) is 0.643. The van der Waals surface area contributed by atoms with Crippen LogP contribution in [-0.2, 0) is 9.59 Å². The van der Waals surface area contributed by atoms with Crippen LogP contribution in [0.15, 0.2) is 42.5 Å². The van der Waals surface area contributed by atoms with Gasteiger partial charge in [-0.25, -0.2) is 9.59 Å². The Labute approximate surface area is 191 Å². The molecule has 3 fully saturated rings. The normalized spacial score (nSPS) is 22.2. The van der Waals surface area contributed by atoms with Crippen LogP contribution < -0.4 is 4.90 Å². The minimum atomic E-state index is -1.26. The molecular formula is C26H38N2O4. The molecule has 4 rings (SSSR count). The minimum absolute atomic E-state index is 0.483. The van der Waals surface area contributed by atoms with Gasteiger partial charge < -0.3 is 20.0 Å². The Hall–Kier alpha value is -2.34. The molecule has 3 aliphatic rings. The minimum Gasteiger partial charge on any atom is -0.478 e. The molecule has 0 aromatic heterocycles. The van der Waals surface area contributed by atoms with E-state index >= 15 is 0 Å². The van der Waals surface area contributed by atoms with E-state index in [1.807, 2.05) is 0 Å². The number of carboxylic acid groups (broad SMARTS) is 2. The predicted octanol–water partition coefficient (Wildman–Crippen LogP) is 4.95. The number of piperidine rings is 1. The van der Waals surface area contributed by atoms with Gasteiger partial charge in [-0.05, 0) is 44.2 Å². The fraction of sp³-hybridized carbons (Fsp3) is 0.615. The van der Waals surface area contributed by atoms with Crippen LogP contribution in [0.2, 0.25) is 0 Å². The van der Waals surface area contributed by atoms with Crippen molar-refractivity contribution in [1.82, 2.24) is 4.90 Å². The van der Waals surface area contributed by atoms with Gasteiger partial charge in [0.25, 0.3) is 0 Å². The van der Waals surface area contributed by atoms with E-state index in [9.17, 15) is 9.59 Å². The van der Waals surface area contributed by atoms with Crippen LogP contribution in [0, 0.1) is 0 Å². The first-order valence-corrected chi connectivity index (χ1v) is 12.2. The summed E-state index contributed by atoms with van der Waals surface area (Å²) >= 11 is 0. The first-order valence-electron chi connectivity index (χ1n) is 12.2. The molecule has 0 atom stereocenters. The van der Waals surface area contributed by atoms with E-state index in [0.29, 0.717) is 17.7 Å². The lowest BCUT2D eigenvalue weighted by Gasteiger charge is -2.58. The monoisotopic (exact) mass is 442 g/mol. The molecule has 0 unspecified atom stereocenters. The maximum absolute atomic E-state index is 9.55. The van der Waals surface area contributed by atoms with Crippen molar-refractivity contribution < 1.29 is 19.8 Å². The first-order chi connectivity index (χ1) is 15.5. The number of nitrogens with zero attached hydrogens (tertiary/aromatic N) is 2. The number of carbonyl (C=O) groups is 2. The molecule has 1 spiro atoms. The lowest BCUT2D eigenvalue weighted by atomic mass is 9.75. The summed E-state index contributed by atoms with van der Waals surface area (Å²) in [6.45, 7) is 3.91. The van der Waals surface area contributed by atoms with Crippen molar-refractivity contribution >= 4 is 17.6 Å². The van der Waals surface area contributed by atoms with E-state index < -0.39 is 11.9 Å². The topological polar surface area (TPSA) is 81.1 Å². The summed E-state index contributed by atoms with van der Waals surface area (Å²) in [6, 6.07) is 12.0. The zero-order valence-electron chi connectivity index (χ0n) is 19.1. The SMILES string of the molecule is O=C(O)/C=C/C(=O)O.c1ccc(N2CCC23CCN(C2CCCCCCCC2)CC3)cc1. The van der Waals surface area contributed by atoms with Gasteiger partial charge in [0.15, 0.2) is 0 Å². The lowest BCUT2D eigenvalue weighted by Crippen LogP contribution is -2.65. The van der Waals surface area contributed by atoms with Crippen molar-refractivity contribution in [2.75, 3.05) is 24.5 Å². The lowest BCUT2D eigenvalue weighted by molar-refractivity contribution is -0.134. The number of hydrogen-bond acceptors (Lipinski definition) is 4. The number of aliphatic carboxylic acids is 2. The van der Waals surface area contributed by atoms with Crippen molar-refractivity contribution in [3.8, 4) is 0 Å². The highest BCUT2D eigenvalue weighted by Gasteiger charge is 2.46. The third-order valence-corrected chi connectivity index (χ3v) is 7.38. The molecule has 1 aliphatic carbocycles. The van der Waals surface area contributed by atoms with Gasteiger partial charge in [-0.1, -0.05) is 56.7 Å². The van der Waals surface area contributed by atoms with Crippen LogP contribution in [-0.4, -0.2) is 58.3 Å². The van der Waals surface area contributed by atoms with Gasteiger partial charge in [-0.2, -0.15) is 0 Å². The average Bonchev–Trinajstić information content (AvgIpc) is 2.92. The van der Waals surface area contributed by atoms with E-state index in [-0.39, 0.29) is 0 Å². The van der Waals surface area contributed by atoms with Gasteiger partial charge in [0.2, 0.25) is 0 Å². The Morgan fingerprint density at radius 1 is 0.781 bits per heavy atom. The number of anilines is 1. The van der Waals surface area contributed by atoms with E-state index in [4.69, 9.17) is 10.2 Å². The predicted molar refractivity (Wildman–Crippen MR) is 127 cm³/mol. The Morgan fingerprint density at radius 2 is 1.28 bits per heavy atom. The molecule has 6 heteroatoms. The highest BCUT2D eigenvalue weighted by Crippen LogP contribution is 2.43. The molecule has 0 bridgehead atoms. The summed E-state index contributed by atoms with van der Waals surface area (Å²) in [5.74, 6) is -2.51. The van der Waals surface area contributed by atoms with Crippen LogP contribution in [0.4, 0.5) is 5.69 Å². The van der Waals surface area contributed by atoms with Crippen molar-refractivity contribution in [2.24, 2.45) is 0 Å². The molecule has 1 aromatic carbocycles. The van der Waals surface area contributed by atoms with Crippen LogP contribution in [0.3, 0.4) is 0 Å². The molecule has 1 saturated carbocycles. The smallest absolute Gasteiger partial charge is 0.328 e. The van der Waals surface area contributed by atoms with E-state index in [1.54, 1.807) is 0 Å². The highest BCUT2D eigenvalue weighted by molar-refractivity contribution is 5.89. The van der Waals surface area contributed by atoms with Gasteiger partial charge in [0, 0.05) is 49.1 Å². The zero-order chi connectivity index (χ0) is 22.8. The second-order valence-electron chi connectivity index (χ2n) is 9.36. The molecule has 0 radical (unpaired) electrons. The number of benzene rings is 1. The number of hydrogen-bond donors (Lipinski definition) is 2. The number of carboxylic acids is 2. The summed E-state index contributed by atoms with van der Waals surface area (Å²) in [6.07, 6.45) is 17.0. The zero-order valence-corrected chi connectivity index (χ0v) is 19.1. The second-order valence-corrected chi connectivity index (χ2v) is 9.36. The maximum atomic E-state index is 9.55. The summed E-state index contributed by atoms with van der Waals surface area (Å²) in [4.78, 5) is 24.7. The molecule has 32 heavy (non-hydrogen) atoms. The van der Waals surface area contributed by atoms with Crippen molar-refractivity contribution in [2.45, 2.75) is 82.2 Å². The summed E-state index contributed by atoms with van der Waals surface area (Å²) in [5.41, 5.74) is 1.93. The summed E-state index contributed by atoms with van der Waals surface area (Å²) in [5, 5.41) is 15.6. The molecule has 2 heterocycles. The molecular weight excluding hydrogens is 404 g/mol. The van der Waals surface area contributed by atoms with Crippen LogP contribution in [0.5, 0.6) is 0 Å². The fourth-order valence-electron chi connectivity index (χ4n) is 5.50. The van der Waals surface area contributed by atoms with Gasteiger partial charge in [0.1, 0.15) is 0 Å². The maximum Gasteiger partial charge on any atom is 0.328 e. The summed E-state index contributed by atoms with van der Waals surface area (Å²) in [7, 11) is 0. The Kier molecular flexibility index (Phi) is 9.15. The molecule has 0 amide bonds. The van der Waals surface area contributed by atoms with Crippen LogP contribution in [0.1, 0.15) is 70.6 Å². The van der Waals surface area contributed by atoms with Crippen molar-refractivity contribution in [3.05, 3.63) is 42.5 Å². The number of rotatable bonds is 4. The number of likely N-dealkylation sites (tertiary alicyclic amines) is 1. The van der Waals surface area contributed by atoms with Gasteiger partial charge in [-0.15, -0.1) is 0 Å². The van der Waals surface area contributed by atoms with E-state index in [2.05, 4.69) is 40.1 Å². The molecule has 2 N–H and O–H groups in total. The van der Waals surface area contributed by atoms with Gasteiger partial charge in [0.05, 0.1) is 0 Å². The molecule has 1 aromatic rings. The van der Waals surface area contributed by atoms with Crippen molar-refractivity contribution in [3.63, 3.8) is 0 Å². The second kappa shape index (κ2) is 12.0. The fourth-order valence-corrected chi connectivity index (χ4v) is 5.50. The third kappa shape index (κ3) is 6.83. The van der Waals surface area contributed by atoms with Crippen LogP contribution in [0.25, 0.3) is 0 Å². The van der Waals surface area contributed by atoms with Gasteiger partial charge >= 0.3 is 11.9 Å². The van der Waals surface area contributed by atoms with Gasteiger partial charge in [-0.3, -0.25) is 0 Å². The molecule has 2 aliphatic heterocycles. The first kappa shape index (κ1) is 24.3. The number of para-hydroxylation sites is 1. The molecule has 6 nitrogen and oxygen atoms in total. The Bertz CT molecular complexity index is 730. The Balaban J connectivity index is 0.000000312. The standard InChI is InChI=1S/C22H34N2.C4H4O4/c1-2-4-7-11-20(10-6-3-1)23-17-14-22(15-18-23)16-19-24(22)21-12-8-5-9-13-21;5-3(6)1-2-4(7)8/h5,8-9,12-13,20H,1-4,6-7,10-11,14-19H2;1-2H,(H,5,6)(H,7,8)/b;2-1+. The van der Waals surface area contributed by atoms with E-state index in [0.717, 1.165) is 6.04 Å². The average molecular weight is 443 g/mol.